The molecule has 9 nitrogen and oxygen atoms in total. The number of carbonyl (C=O) groups is 3. The summed E-state index contributed by atoms with van der Waals surface area (Å²) in [7, 11) is 1.61. The molecule has 32 heavy (non-hydrogen) atoms. The summed E-state index contributed by atoms with van der Waals surface area (Å²) in [4.78, 5) is 38.3. The fourth-order valence-corrected chi connectivity index (χ4v) is 3.53. The predicted octanol–water partition coefficient (Wildman–Crippen LogP) is 1.78. The Morgan fingerprint density at radius 3 is 2.38 bits per heavy atom. The van der Waals surface area contributed by atoms with Gasteiger partial charge in [-0.3, -0.25) is 19.3 Å². The number of hydrogen-bond acceptors (Lipinski definition) is 6. The molecule has 0 unspecified atom stereocenters. The Morgan fingerprint density at radius 1 is 1.00 bits per heavy atom. The van der Waals surface area contributed by atoms with Crippen LogP contribution in [0.25, 0.3) is 0 Å². The first-order valence-corrected chi connectivity index (χ1v) is 10.4. The minimum Gasteiger partial charge on any atom is -0.497 e. The Balaban J connectivity index is 1.65. The van der Waals surface area contributed by atoms with E-state index < -0.39 is 11.8 Å². The van der Waals surface area contributed by atoms with Crippen molar-refractivity contribution in [3.05, 3.63) is 54.1 Å². The van der Waals surface area contributed by atoms with Crippen LogP contribution in [0.4, 0.5) is 11.4 Å². The van der Waals surface area contributed by atoms with Gasteiger partial charge in [-0.15, -0.1) is 0 Å². The van der Waals surface area contributed by atoms with Gasteiger partial charge in [0, 0.05) is 37.9 Å². The lowest BCUT2D eigenvalue weighted by molar-refractivity contribution is -0.136. The van der Waals surface area contributed by atoms with Gasteiger partial charge in [0.2, 0.25) is 5.91 Å². The maximum Gasteiger partial charge on any atom is 0.313 e. The summed E-state index contributed by atoms with van der Waals surface area (Å²) in [5, 5.41) is 7.93. The number of hydrogen-bond donors (Lipinski definition) is 3. The van der Waals surface area contributed by atoms with Crippen LogP contribution < -0.4 is 20.7 Å². The van der Waals surface area contributed by atoms with Crippen LogP contribution in [0.3, 0.4) is 0 Å². The maximum absolute atomic E-state index is 12.5. The Kier molecular flexibility index (Phi) is 8.18. The average molecular weight is 441 g/mol. The van der Waals surface area contributed by atoms with Crippen LogP contribution in [0.15, 0.2) is 48.5 Å². The van der Waals surface area contributed by atoms with Crippen molar-refractivity contribution < 1.29 is 23.9 Å². The zero-order valence-electron chi connectivity index (χ0n) is 18.2. The van der Waals surface area contributed by atoms with Crippen LogP contribution in [0, 0.1) is 0 Å². The average Bonchev–Trinajstić information content (AvgIpc) is 2.79. The fraction of sp³-hybridized carbons (Fsp3) is 0.348. The summed E-state index contributed by atoms with van der Waals surface area (Å²) in [6, 6.07) is 14.1. The molecular formula is C23H28N4O5. The van der Waals surface area contributed by atoms with Crippen molar-refractivity contribution in [2.75, 3.05) is 50.6 Å². The number of anilines is 2. The standard InChI is InChI=1S/C23H28N4O5/c1-16(28)25-18-6-4-7-19(14-18)26-23(30)22(29)24-15-21(27-9-11-32-12-10-27)17-5-3-8-20(13-17)31-2/h3-8,13-14,21H,9-12,15H2,1-2H3,(H,24,29)(H,25,28)(H,26,30)/t21-/m0/s1. The second kappa shape index (κ2) is 11.3. The van der Waals surface area contributed by atoms with Crippen LogP contribution >= 0.6 is 0 Å². The predicted molar refractivity (Wildman–Crippen MR) is 121 cm³/mol. The van der Waals surface area contributed by atoms with E-state index in [2.05, 4.69) is 20.9 Å². The van der Waals surface area contributed by atoms with E-state index in [1.165, 1.54) is 6.92 Å². The Hall–Kier alpha value is -3.43. The molecule has 3 N–H and O–H groups in total. The number of amides is 3. The van der Waals surface area contributed by atoms with E-state index in [-0.39, 0.29) is 18.5 Å². The lowest BCUT2D eigenvalue weighted by atomic mass is 10.0. The van der Waals surface area contributed by atoms with Gasteiger partial charge in [-0.25, -0.2) is 0 Å². The number of nitrogens with zero attached hydrogens (tertiary/aromatic N) is 1. The minimum absolute atomic E-state index is 0.131. The molecule has 1 aliphatic rings. The van der Waals surface area contributed by atoms with Crippen LogP contribution in [0.5, 0.6) is 5.75 Å². The number of ether oxygens (including phenoxy) is 2. The van der Waals surface area contributed by atoms with Gasteiger partial charge in [0.1, 0.15) is 5.75 Å². The molecule has 3 amide bonds. The topological polar surface area (TPSA) is 109 Å². The van der Waals surface area contributed by atoms with Crippen molar-refractivity contribution >= 4 is 29.1 Å². The fourth-order valence-electron chi connectivity index (χ4n) is 3.53. The molecule has 0 aromatic heterocycles. The molecule has 0 radical (unpaired) electrons. The highest BCUT2D eigenvalue weighted by atomic mass is 16.5. The monoisotopic (exact) mass is 440 g/mol. The zero-order valence-corrected chi connectivity index (χ0v) is 18.2. The zero-order chi connectivity index (χ0) is 22.9. The summed E-state index contributed by atoms with van der Waals surface area (Å²) in [5.41, 5.74) is 1.92. The molecule has 2 aromatic carbocycles. The molecular weight excluding hydrogens is 412 g/mol. The number of benzene rings is 2. The van der Waals surface area contributed by atoms with Gasteiger partial charge in [0.25, 0.3) is 0 Å². The van der Waals surface area contributed by atoms with Gasteiger partial charge in [0.05, 0.1) is 26.4 Å². The van der Waals surface area contributed by atoms with E-state index in [1.807, 2.05) is 24.3 Å². The highest BCUT2D eigenvalue weighted by Gasteiger charge is 2.25. The highest BCUT2D eigenvalue weighted by Crippen LogP contribution is 2.25. The lowest BCUT2D eigenvalue weighted by Crippen LogP contribution is -2.45. The van der Waals surface area contributed by atoms with Gasteiger partial charge in [-0.1, -0.05) is 18.2 Å². The lowest BCUT2D eigenvalue weighted by Gasteiger charge is -2.35. The van der Waals surface area contributed by atoms with Crippen molar-refractivity contribution in [3.8, 4) is 5.75 Å². The van der Waals surface area contributed by atoms with Crippen LogP contribution in [-0.2, 0) is 19.1 Å². The largest absolute Gasteiger partial charge is 0.497 e. The Morgan fingerprint density at radius 2 is 1.69 bits per heavy atom. The van der Waals surface area contributed by atoms with Crippen molar-refractivity contribution in [1.29, 1.82) is 0 Å². The Labute approximate surface area is 187 Å². The van der Waals surface area contributed by atoms with Gasteiger partial charge in [-0.2, -0.15) is 0 Å². The molecule has 1 atom stereocenters. The van der Waals surface area contributed by atoms with E-state index >= 15 is 0 Å². The first kappa shape index (κ1) is 23.2. The smallest absolute Gasteiger partial charge is 0.313 e. The molecule has 1 aliphatic heterocycles. The molecule has 3 rings (SSSR count). The maximum atomic E-state index is 12.5. The molecule has 2 aromatic rings. The summed E-state index contributed by atoms with van der Waals surface area (Å²) >= 11 is 0. The molecule has 0 aliphatic carbocycles. The van der Waals surface area contributed by atoms with Gasteiger partial charge >= 0.3 is 11.8 Å². The third-order valence-corrected chi connectivity index (χ3v) is 5.07. The van der Waals surface area contributed by atoms with Crippen molar-refractivity contribution in [3.63, 3.8) is 0 Å². The Bertz CT molecular complexity index is 959. The molecule has 0 saturated carbocycles. The van der Waals surface area contributed by atoms with Crippen LogP contribution in [-0.4, -0.2) is 62.6 Å². The number of rotatable bonds is 7. The summed E-state index contributed by atoms with van der Waals surface area (Å²) < 4.78 is 10.8. The van der Waals surface area contributed by atoms with E-state index in [9.17, 15) is 14.4 Å². The third kappa shape index (κ3) is 6.53. The SMILES string of the molecule is COc1cccc([C@H](CNC(=O)C(=O)Nc2cccc(NC(C)=O)c2)N2CCOCC2)c1. The second-order valence-electron chi connectivity index (χ2n) is 7.37. The molecule has 1 fully saturated rings. The molecule has 1 saturated heterocycles. The van der Waals surface area contributed by atoms with Crippen molar-refractivity contribution in [2.45, 2.75) is 13.0 Å². The first-order chi connectivity index (χ1) is 15.5. The number of nitrogens with one attached hydrogen (secondary N) is 3. The van der Waals surface area contributed by atoms with Crippen molar-refractivity contribution in [2.24, 2.45) is 0 Å². The quantitative estimate of drug-likeness (QED) is 0.567. The summed E-state index contributed by atoms with van der Waals surface area (Å²) in [6.45, 7) is 4.32. The normalized spacial score (nSPS) is 14.8. The molecule has 1 heterocycles. The number of carbonyl (C=O) groups excluding carboxylic acids is 3. The third-order valence-electron chi connectivity index (χ3n) is 5.07. The molecule has 170 valence electrons. The van der Waals surface area contributed by atoms with Crippen molar-refractivity contribution in [1.82, 2.24) is 10.2 Å². The second-order valence-corrected chi connectivity index (χ2v) is 7.37. The first-order valence-electron chi connectivity index (χ1n) is 10.4. The molecule has 0 spiro atoms. The molecule has 9 heteroatoms. The van der Waals surface area contributed by atoms with Crippen LogP contribution in [0.1, 0.15) is 18.5 Å². The highest BCUT2D eigenvalue weighted by molar-refractivity contribution is 6.39. The van der Waals surface area contributed by atoms with Crippen LogP contribution in [0.2, 0.25) is 0 Å². The van der Waals surface area contributed by atoms with Gasteiger partial charge in [-0.05, 0) is 35.9 Å². The van der Waals surface area contributed by atoms with E-state index in [0.717, 1.165) is 24.4 Å². The minimum atomic E-state index is -0.781. The summed E-state index contributed by atoms with van der Waals surface area (Å²) in [6.07, 6.45) is 0. The van der Waals surface area contributed by atoms with Gasteiger partial charge in [0.15, 0.2) is 0 Å². The van der Waals surface area contributed by atoms with E-state index in [0.29, 0.717) is 24.6 Å². The molecule has 0 bridgehead atoms. The van der Waals surface area contributed by atoms with Gasteiger partial charge < -0.3 is 25.4 Å². The number of morpholine rings is 1. The van der Waals surface area contributed by atoms with E-state index in [1.54, 1.807) is 31.4 Å². The number of methoxy groups -OCH3 is 1. The van der Waals surface area contributed by atoms with E-state index in [4.69, 9.17) is 9.47 Å². The summed E-state index contributed by atoms with van der Waals surface area (Å²) in [5.74, 6) is -1.02.